The van der Waals surface area contributed by atoms with Crippen LogP contribution >= 0.6 is 0 Å². The van der Waals surface area contributed by atoms with E-state index in [4.69, 9.17) is 5.11 Å². The Hall–Kier alpha value is -0.900. The van der Waals surface area contributed by atoms with Crippen molar-refractivity contribution < 1.29 is 22.0 Å². The van der Waals surface area contributed by atoms with Crippen LogP contribution in [0.1, 0.15) is 5.56 Å². The maximum atomic E-state index is 9.09. The van der Waals surface area contributed by atoms with E-state index in [1.54, 1.807) is 0 Å². The second-order valence-corrected chi connectivity index (χ2v) is 4.05. The number of hydrogen-bond donors (Lipinski definition) is 1. The SMILES string of the molecule is OCC[N+]1(Cc2ccccc2)C=NCC1.[Cl-]. The number of nitrogens with zero attached hydrogens (tertiary/aromatic N) is 2. The summed E-state index contributed by atoms with van der Waals surface area (Å²) < 4.78 is 0.792. The van der Waals surface area contributed by atoms with Crippen molar-refractivity contribution in [1.29, 1.82) is 0 Å². The molecule has 0 radical (unpaired) electrons. The summed E-state index contributed by atoms with van der Waals surface area (Å²) >= 11 is 0. The molecule has 16 heavy (non-hydrogen) atoms. The average molecular weight is 241 g/mol. The van der Waals surface area contributed by atoms with Gasteiger partial charge in [0.15, 0.2) is 6.34 Å². The fourth-order valence-electron chi connectivity index (χ4n) is 2.06. The molecular weight excluding hydrogens is 224 g/mol. The molecule has 0 saturated heterocycles. The summed E-state index contributed by atoms with van der Waals surface area (Å²) in [5.74, 6) is 0. The number of aliphatic hydroxyl groups is 1. The van der Waals surface area contributed by atoms with Crippen molar-refractivity contribution in [2.45, 2.75) is 6.54 Å². The van der Waals surface area contributed by atoms with E-state index in [1.807, 2.05) is 12.4 Å². The number of benzene rings is 1. The summed E-state index contributed by atoms with van der Waals surface area (Å²) in [6.07, 6.45) is 1.99. The summed E-state index contributed by atoms with van der Waals surface area (Å²) in [6, 6.07) is 10.4. The van der Waals surface area contributed by atoms with Gasteiger partial charge in [-0.15, -0.1) is 0 Å². The molecule has 3 nitrogen and oxygen atoms in total. The van der Waals surface area contributed by atoms with Crippen LogP contribution < -0.4 is 12.4 Å². The highest BCUT2D eigenvalue weighted by molar-refractivity contribution is 5.48. The summed E-state index contributed by atoms with van der Waals surface area (Å²) in [7, 11) is 0. The van der Waals surface area contributed by atoms with Gasteiger partial charge >= 0.3 is 0 Å². The lowest BCUT2D eigenvalue weighted by atomic mass is 10.2. The molecule has 0 bridgehead atoms. The van der Waals surface area contributed by atoms with Crippen LogP contribution in [0.4, 0.5) is 0 Å². The maximum Gasteiger partial charge on any atom is 0.185 e. The summed E-state index contributed by atoms with van der Waals surface area (Å²) in [4.78, 5) is 4.29. The van der Waals surface area contributed by atoms with Crippen LogP contribution in [-0.2, 0) is 6.54 Å². The van der Waals surface area contributed by atoms with Crippen molar-refractivity contribution in [2.75, 3.05) is 26.2 Å². The number of rotatable bonds is 4. The van der Waals surface area contributed by atoms with E-state index >= 15 is 0 Å². The van der Waals surface area contributed by atoms with Gasteiger partial charge in [0.05, 0.1) is 13.2 Å². The van der Waals surface area contributed by atoms with Crippen LogP contribution in [0.2, 0.25) is 0 Å². The number of aliphatic hydroxyl groups excluding tert-OH is 1. The predicted octanol–water partition coefficient (Wildman–Crippen LogP) is -1.96. The van der Waals surface area contributed by atoms with Crippen LogP contribution in [0, 0.1) is 0 Å². The maximum absolute atomic E-state index is 9.09. The molecule has 0 amide bonds. The Morgan fingerprint density at radius 1 is 1.25 bits per heavy atom. The van der Waals surface area contributed by atoms with Gasteiger partial charge < -0.3 is 17.5 Å². The number of aliphatic imine (C=N–C) groups is 1. The molecular formula is C12H17ClN2O. The lowest BCUT2D eigenvalue weighted by Crippen LogP contribution is -3.00. The highest BCUT2D eigenvalue weighted by atomic mass is 35.5. The molecule has 1 atom stereocenters. The van der Waals surface area contributed by atoms with Gasteiger partial charge in [0.2, 0.25) is 0 Å². The molecule has 0 saturated carbocycles. The highest BCUT2D eigenvalue weighted by Crippen LogP contribution is 2.15. The molecule has 1 aliphatic rings. The Balaban J connectivity index is 0.00000128. The van der Waals surface area contributed by atoms with E-state index in [0.29, 0.717) is 0 Å². The van der Waals surface area contributed by atoms with Gasteiger partial charge in [-0.25, -0.2) is 4.99 Å². The average Bonchev–Trinajstić information content (AvgIpc) is 2.69. The molecule has 1 N–H and O–H groups in total. The molecule has 1 unspecified atom stereocenters. The van der Waals surface area contributed by atoms with Gasteiger partial charge in [-0.3, -0.25) is 4.48 Å². The van der Waals surface area contributed by atoms with Crippen LogP contribution in [0.15, 0.2) is 35.3 Å². The lowest BCUT2D eigenvalue weighted by Gasteiger charge is -2.29. The highest BCUT2D eigenvalue weighted by Gasteiger charge is 2.28. The van der Waals surface area contributed by atoms with Crippen molar-refractivity contribution in [3.8, 4) is 0 Å². The Kier molecular flexibility index (Phi) is 4.93. The third-order valence-corrected chi connectivity index (χ3v) is 2.89. The molecule has 0 spiro atoms. The predicted molar refractivity (Wildman–Crippen MR) is 60.6 cm³/mol. The first kappa shape index (κ1) is 13.2. The number of hydrogen-bond acceptors (Lipinski definition) is 2. The van der Waals surface area contributed by atoms with E-state index in [9.17, 15) is 0 Å². The Morgan fingerprint density at radius 2 is 2.00 bits per heavy atom. The minimum absolute atomic E-state index is 0. The normalized spacial score (nSPS) is 23.1. The number of quaternary nitrogens is 1. The van der Waals surface area contributed by atoms with Gasteiger partial charge in [-0.05, 0) is 0 Å². The first-order valence-corrected chi connectivity index (χ1v) is 5.36. The molecule has 1 aromatic rings. The van der Waals surface area contributed by atoms with Crippen molar-refractivity contribution >= 4 is 6.34 Å². The van der Waals surface area contributed by atoms with Crippen molar-refractivity contribution in [2.24, 2.45) is 4.99 Å². The first-order valence-electron chi connectivity index (χ1n) is 5.36. The Morgan fingerprint density at radius 3 is 2.56 bits per heavy atom. The summed E-state index contributed by atoms with van der Waals surface area (Å²) in [5, 5.41) is 9.09. The smallest absolute Gasteiger partial charge is 0.185 e. The fourth-order valence-corrected chi connectivity index (χ4v) is 2.06. The van der Waals surface area contributed by atoms with Gasteiger partial charge in [-0.1, -0.05) is 30.3 Å². The molecule has 1 aliphatic heterocycles. The second-order valence-electron chi connectivity index (χ2n) is 4.05. The zero-order chi connectivity index (χ0) is 10.6. The third kappa shape index (κ3) is 3.04. The van der Waals surface area contributed by atoms with Crippen LogP contribution in [0.5, 0.6) is 0 Å². The summed E-state index contributed by atoms with van der Waals surface area (Å²) in [6.45, 7) is 3.81. The quantitative estimate of drug-likeness (QED) is 0.610. The molecule has 88 valence electrons. The van der Waals surface area contributed by atoms with E-state index in [1.165, 1.54) is 5.56 Å². The van der Waals surface area contributed by atoms with Crippen LogP contribution in [0.3, 0.4) is 0 Å². The van der Waals surface area contributed by atoms with Crippen LogP contribution in [0.25, 0.3) is 0 Å². The number of halogens is 1. The van der Waals surface area contributed by atoms with Crippen molar-refractivity contribution in [3.05, 3.63) is 35.9 Å². The van der Waals surface area contributed by atoms with E-state index in [0.717, 1.165) is 30.7 Å². The lowest BCUT2D eigenvalue weighted by molar-refractivity contribution is -0.843. The molecule has 0 aliphatic carbocycles. The largest absolute Gasteiger partial charge is 1.00 e. The zero-order valence-corrected chi connectivity index (χ0v) is 9.98. The van der Waals surface area contributed by atoms with Gasteiger partial charge in [0, 0.05) is 5.56 Å². The standard InChI is InChI=1S/C12H17N2O.ClH/c15-9-8-14(7-6-13-11-14)10-12-4-2-1-3-5-12;/h1-5,11,15H,6-10H2;1H/q+1;/p-1. The van der Waals surface area contributed by atoms with Crippen molar-refractivity contribution in [1.82, 2.24) is 0 Å². The van der Waals surface area contributed by atoms with E-state index in [2.05, 4.69) is 29.3 Å². The first-order chi connectivity index (χ1) is 7.35. The minimum Gasteiger partial charge on any atom is -1.00 e. The Bertz CT molecular complexity index is 342. The van der Waals surface area contributed by atoms with E-state index < -0.39 is 0 Å². The van der Waals surface area contributed by atoms with Crippen LogP contribution in [-0.4, -0.2) is 42.2 Å². The van der Waals surface area contributed by atoms with Crippen molar-refractivity contribution in [3.63, 3.8) is 0 Å². The summed E-state index contributed by atoms with van der Waals surface area (Å²) in [5.41, 5.74) is 1.30. The monoisotopic (exact) mass is 240 g/mol. The molecule has 2 rings (SSSR count). The van der Waals surface area contributed by atoms with Gasteiger partial charge in [0.1, 0.15) is 19.6 Å². The zero-order valence-electron chi connectivity index (χ0n) is 9.22. The topological polar surface area (TPSA) is 32.6 Å². The molecule has 4 heteroatoms. The molecule has 1 aromatic carbocycles. The third-order valence-electron chi connectivity index (χ3n) is 2.89. The van der Waals surface area contributed by atoms with Gasteiger partial charge in [-0.2, -0.15) is 0 Å². The molecule has 0 fully saturated rings. The molecule has 0 aromatic heterocycles. The van der Waals surface area contributed by atoms with E-state index in [-0.39, 0.29) is 19.0 Å². The van der Waals surface area contributed by atoms with Gasteiger partial charge in [0.25, 0.3) is 0 Å². The Labute approximate surface area is 102 Å². The minimum atomic E-state index is 0. The molecule has 1 heterocycles. The fraction of sp³-hybridized carbons (Fsp3) is 0.417. The second kappa shape index (κ2) is 5.99.